The Morgan fingerprint density at radius 1 is 1.38 bits per heavy atom. The van der Waals surface area contributed by atoms with Crippen LogP contribution < -0.4 is 11.3 Å². The smallest absolute Gasteiger partial charge is 0.126 e. The minimum Gasteiger partial charge on any atom is -0.467 e. The molecule has 16 heavy (non-hydrogen) atoms. The number of benzene rings is 1. The van der Waals surface area contributed by atoms with Gasteiger partial charge in [-0.2, -0.15) is 0 Å². The molecule has 1 aromatic carbocycles. The molecule has 0 fully saturated rings. The summed E-state index contributed by atoms with van der Waals surface area (Å²) < 4.78 is 6.26. The van der Waals surface area contributed by atoms with E-state index in [1.165, 1.54) is 0 Å². The van der Waals surface area contributed by atoms with Gasteiger partial charge in [0.2, 0.25) is 0 Å². The third-order valence-electron chi connectivity index (χ3n) is 2.26. The molecule has 0 amide bonds. The quantitative estimate of drug-likeness (QED) is 0.676. The van der Waals surface area contributed by atoms with Crippen LogP contribution >= 0.6 is 27.5 Å². The van der Waals surface area contributed by atoms with Gasteiger partial charge in [0.05, 0.1) is 6.26 Å². The zero-order valence-corrected chi connectivity index (χ0v) is 10.6. The topological polar surface area (TPSA) is 51.2 Å². The van der Waals surface area contributed by atoms with Crippen LogP contribution in [0.3, 0.4) is 0 Å². The number of rotatable bonds is 3. The molecule has 2 rings (SSSR count). The van der Waals surface area contributed by atoms with Crippen molar-refractivity contribution >= 4 is 27.5 Å². The van der Waals surface area contributed by atoms with Crippen molar-refractivity contribution in [3.8, 4) is 0 Å². The molecule has 0 aliphatic heterocycles. The summed E-state index contributed by atoms with van der Waals surface area (Å²) in [7, 11) is 0. The highest BCUT2D eigenvalue weighted by Crippen LogP contribution is 2.30. The predicted molar refractivity (Wildman–Crippen MR) is 67.0 cm³/mol. The fraction of sp³-hybridized carbons (Fsp3) is 0.0909. The molecule has 1 heterocycles. The Bertz CT molecular complexity index is 473. The summed E-state index contributed by atoms with van der Waals surface area (Å²) in [5, 5.41) is 0.657. The number of hydrogen-bond donors (Lipinski definition) is 2. The lowest BCUT2D eigenvalue weighted by Gasteiger charge is -2.15. The normalized spacial score (nSPS) is 12.7. The van der Waals surface area contributed by atoms with E-state index in [9.17, 15) is 0 Å². The van der Waals surface area contributed by atoms with Gasteiger partial charge in [0, 0.05) is 9.50 Å². The molecule has 1 atom stereocenters. The summed E-state index contributed by atoms with van der Waals surface area (Å²) in [6.07, 6.45) is 1.61. The summed E-state index contributed by atoms with van der Waals surface area (Å²) in [4.78, 5) is 0. The van der Waals surface area contributed by atoms with Crippen molar-refractivity contribution in [3.05, 3.63) is 57.4 Å². The van der Waals surface area contributed by atoms with E-state index in [-0.39, 0.29) is 6.04 Å². The van der Waals surface area contributed by atoms with Gasteiger partial charge in [0.1, 0.15) is 11.8 Å². The molecule has 0 saturated carbocycles. The number of furan rings is 1. The largest absolute Gasteiger partial charge is 0.467 e. The van der Waals surface area contributed by atoms with Crippen LogP contribution in [0.1, 0.15) is 17.4 Å². The second-order valence-electron chi connectivity index (χ2n) is 3.28. The standard InChI is InChI=1S/C11H10BrClN2O/c12-9-4-3-7(13)6-8(9)11(15-14)10-2-1-5-16-10/h1-6,11,15H,14H2. The van der Waals surface area contributed by atoms with Gasteiger partial charge in [0.25, 0.3) is 0 Å². The Morgan fingerprint density at radius 3 is 2.81 bits per heavy atom. The van der Waals surface area contributed by atoms with Crippen LogP contribution in [0.4, 0.5) is 0 Å². The lowest BCUT2D eigenvalue weighted by molar-refractivity contribution is 0.451. The van der Waals surface area contributed by atoms with E-state index < -0.39 is 0 Å². The van der Waals surface area contributed by atoms with Crippen LogP contribution in [0.15, 0.2) is 45.5 Å². The maximum Gasteiger partial charge on any atom is 0.126 e. The average molecular weight is 302 g/mol. The molecule has 3 N–H and O–H groups in total. The molecular weight excluding hydrogens is 291 g/mol. The second kappa shape index (κ2) is 5.01. The molecule has 0 aliphatic carbocycles. The molecule has 0 aliphatic rings. The van der Waals surface area contributed by atoms with Gasteiger partial charge in [-0.05, 0) is 35.9 Å². The number of nitrogens with two attached hydrogens (primary N) is 1. The Morgan fingerprint density at radius 2 is 2.19 bits per heavy atom. The SMILES string of the molecule is NNC(c1ccco1)c1cc(Cl)ccc1Br. The van der Waals surface area contributed by atoms with E-state index in [1.54, 1.807) is 6.26 Å². The van der Waals surface area contributed by atoms with Crippen molar-refractivity contribution in [1.29, 1.82) is 0 Å². The molecule has 84 valence electrons. The molecule has 2 aromatic rings. The Kier molecular flexibility index (Phi) is 3.66. The maximum atomic E-state index is 5.96. The molecule has 0 saturated heterocycles. The lowest BCUT2D eigenvalue weighted by atomic mass is 10.1. The minimum atomic E-state index is -0.219. The Balaban J connectivity index is 2.44. The van der Waals surface area contributed by atoms with Gasteiger partial charge in [-0.3, -0.25) is 5.84 Å². The van der Waals surface area contributed by atoms with Crippen molar-refractivity contribution in [2.45, 2.75) is 6.04 Å². The fourth-order valence-corrected chi connectivity index (χ4v) is 2.17. The van der Waals surface area contributed by atoms with Gasteiger partial charge < -0.3 is 4.42 Å². The maximum absolute atomic E-state index is 5.96. The summed E-state index contributed by atoms with van der Waals surface area (Å²) >= 11 is 9.42. The summed E-state index contributed by atoms with van der Waals surface area (Å²) in [6, 6.07) is 8.99. The van der Waals surface area contributed by atoms with E-state index in [0.717, 1.165) is 15.8 Å². The number of halogens is 2. The lowest BCUT2D eigenvalue weighted by Crippen LogP contribution is -2.28. The molecule has 0 bridgehead atoms. The van der Waals surface area contributed by atoms with Gasteiger partial charge in [0.15, 0.2) is 0 Å². The van der Waals surface area contributed by atoms with Crippen LogP contribution in [0.25, 0.3) is 0 Å². The van der Waals surface area contributed by atoms with E-state index in [1.807, 2.05) is 30.3 Å². The number of nitrogens with one attached hydrogen (secondary N) is 1. The van der Waals surface area contributed by atoms with Crippen molar-refractivity contribution in [2.24, 2.45) is 5.84 Å². The molecule has 0 spiro atoms. The summed E-state index contributed by atoms with van der Waals surface area (Å²) in [6.45, 7) is 0. The molecule has 3 nitrogen and oxygen atoms in total. The Labute approximate surface area is 107 Å². The zero-order chi connectivity index (χ0) is 11.5. The number of hydrazine groups is 1. The van der Waals surface area contributed by atoms with Gasteiger partial charge >= 0.3 is 0 Å². The van der Waals surface area contributed by atoms with E-state index in [0.29, 0.717) is 5.02 Å². The van der Waals surface area contributed by atoms with Gasteiger partial charge in [-0.1, -0.05) is 27.5 Å². The number of hydrogen-bond acceptors (Lipinski definition) is 3. The second-order valence-corrected chi connectivity index (χ2v) is 4.57. The molecule has 5 heteroatoms. The van der Waals surface area contributed by atoms with Crippen molar-refractivity contribution in [1.82, 2.24) is 5.43 Å². The summed E-state index contributed by atoms with van der Waals surface area (Å²) in [5.41, 5.74) is 3.64. The first-order valence-corrected chi connectivity index (χ1v) is 5.84. The average Bonchev–Trinajstić information content (AvgIpc) is 2.78. The first-order chi connectivity index (χ1) is 7.72. The highest BCUT2D eigenvalue weighted by atomic mass is 79.9. The predicted octanol–water partition coefficient (Wildman–Crippen LogP) is 3.25. The molecule has 1 aromatic heterocycles. The first-order valence-electron chi connectivity index (χ1n) is 4.67. The van der Waals surface area contributed by atoms with E-state index in [4.69, 9.17) is 21.9 Å². The van der Waals surface area contributed by atoms with Crippen LogP contribution in [0.5, 0.6) is 0 Å². The zero-order valence-electron chi connectivity index (χ0n) is 8.28. The van der Waals surface area contributed by atoms with Gasteiger partial charge in [-0.15, -0.1) is 0 Å². The molecule has 0 radical (unpaired) electrons. The molecule has 1 unspecified atom stereocenters. The highest BCUT2D eigenvalue weighted by molar-refractivity contribution is 9.10. The van der Waals surface area contributed by atoms with Crippen LogP contribution in [-0.4, -0.2) is 0 Å². The van der Waals surface area contributed by atoms with Crippen molar-refractivity contribution in [3.63, 3.8) is 0 Å². The van der Waals surface area contributed by atoms with Crippen LogP contribution in [0, 0.1) is 0 Å². The summed E-state index contributed by atoms with van der Waals surface area (Å²) in [5.74, 6) is 6.28. The Hall–Kier alpha value is -0.810. The van der Waals surface area contributed by atoms with Crippen LogP contribution in [-0.2, 0) is 0 Å². The fourth-order valence-electron chi connectivity index (χ4n) is 1.52. The van der Waals surface area contributed by atoms with E-state index in [2.05, 4.69) is 21.4 Å². The monoisotopic (exact) mass is 300 g/mol. The van der Waals surface area contributed by atoms with Gasteiger partial charge in [-0.25, -0.2) is 5.43 Å². The highest BCUT2D eigenvalue weighted by Gasteiger charge is 2.18. The van der Waals surface area contributed by atoms with Crippen LogP contribution in [0.2, 0.25) is 5.02 Å². The third-order valence-corrected chi connectivity index (χ3v) is 3.22. The molecular formula is C11H10BrClN2O. The minimum absolute atomic E-state index is 0.219. The first kappa shape index (κ1) is 11.7. The van der Waals surface area contributed by atoms with Crippen molar-refractivity contribution in [2.75, 3.05) is 0 Å². The third kappa shape index (κ3) is 2.30. The van der Waals surface area contributed by atoms with Crippen molar-refractivity contribution < 1.29 is 4.42 Å². The van der Waals surface area contributed by atoms with E-state index >= 15 is 0 Å².